The van der Waals surface area contributed by atoms with Crippen molar-refractivity contribution in [2.75, 3.05) is 6.61 Å². The van der Waals surface area contributed by atoms with Crippen LogP contribution in [-0.2, 0) is 14.3 Å². The number of ether oxygens (including phenoxy) is 1. The molecular formula is C54H91NO5. The summed E-state index contributed by atoms with van der Waals surface area (Å²) in [7, 11) is 0. The van der Waals surface area contributed by atoms with Gasteiger partial charge in [-0.3, -0.25) is 9.59 Å². The monoisotopic (exact) mass is 834 g/mol. The van der Waals surface area contributed by atoms with E-state index in [1.807, 2.05) is 30.4 Å². The van der Waals surface area contributed by atoms with Crippen molar-refractivity contribution >= 4 is 11.9 Å². The van der Waals surface area contributed by atoms with Crippen LogP contribution < -0.4 is 5.32 Å². The van der Waals surface area contributed by atoms with Crippen LogP contribution in [0.1, 0.15) is 207 Å². The predicted molar refractivity (Wildman–Crippen MR) is 259 cm³/mol. The summed E-state index contributed by atoms with van der Waals surface area (Å²) in [5, 5.41) is 23.7. The molecule has 0 radical (unpaired) electrons. The molecule has 0 saturated heterocycles. The Morgan fingerprint density at radius 2 is 0.967 bits per heavy atom. The summed E-state index contributed by atoms with van der Waals surface area (Å²) in [6.45, 7) is 6.27. The van der Waals surface area contributed by atoms with Gasteiger partial charge >= 0.3 is 5.97 Å². The second-order valence-corrected chi connectivity index (χ2v) is 16.2. The van der Waals surface area contributed by atoms with E-state index in [0.717, 1.165) is 77.0 Å². The van der Waals surface area contributed by atoms with Gasteiger partial charge in [0.2, 0.25) is 5.91 Å². The van der Waals surface area contributed by atoms with E-state index in [4.69, 9.17) is 4.74 Å². The van der Waals surface area contributed by atoms with E-state index in [9.17, 15) is 19.8 Å². The van der Waals surface area contributed by atoms with Crippen LogP contribution in [0.4, 0.5) is 0 Å². The number of allylic oxidation sites excluding steroid dienone is 16. The molecule has 0 aliphatic rings. The minimum atomic E-state index is -0.812. The van der Waals surface area contributed by atoms with Gasteiger partial charge in [-0.05, 0) is 83.5 Å². The summed E-state index contributed by atoms with van der Waals surface area (Å²) >= 11 is 0. The average molecular weight is 834 g/mol. The zero-order chi connectivity index (χ0) is 43.8. The van der Waals surface area contributed by atoms with Gasteiger partial charge in [-0.2, -0.15) is 0 Å². The van der Waals surface area contributed by atoms with Crippen LogP contribution in [0, 0.1) is 0 Å². The molecule has 0 aromatic carbocycles. The van der Waals surface area contributed by atoms with Gasteiger partial charge in [0.1, 0.15) is 6.10 Å². The first-order valence-electron chi connectivity index (χ1n) is 24.5. The molecule has 0 aromatic rings. The molecule has 0 bridgehead atoms. The molecule has 6 heteroatoms. The van der Waals surface area contributed by atoms with Gasteiger partial charge in [-0.1, -0.05) is 208 Å². The van der Waals surface area contributed by atoms with Crippen molar-refractivity contribution in [2.45, 2.75) is 225 Å². The van der Waals surface area contributed by atoms with Crippen molar-refractivity contribution in [3.63, 3.8) is 0 Å². The smallest absolute Gasteiger partial charge is 0.306 e. The van der Waals surface area contributed by atoms with E-state index < -0.39 is 18.2 Å². The minimum absolute atomic E-state index is 0.0240. The Balaban J connectivity index is 4.76. The maximum atomic E-state index is 13.2. The van der Waals surface area contributed by atoms with Gasteiger partial charge < -0.3 is 20.3 Å². The molecule has 0 rings (SSSR count). The lowest BCUT2D eigenvalue weighted by Crippen LogP contribution is -2.46. The first-order valence-corrected chi connectivity index (χ1v) is 24.5. The van der Waals surface area contributed by atoms with Gasteiger partial charge in [0.15, 0.2) is 0 Å². The fraction of sp³-hybridized carbons (Fsp3) is 0.667. The third kappa shape index (κ3) is 41.5. The normalized spacial score (nSPS) is 14.2. The molecule has 6 nitrogen and oxygen atoms in total. The molecule has 1 amide bonds. The number of carbonyl (C=O) groups is 2. The van der Waals surface area contributed by atoms with Crippen LogP contribution in [0.15, 0.2) is 97.2 Å². The number of amides is 1. The van der Waals surface area contributed by atoms with Gasteiger partial charge in [0, 0.05) is 6.42 Å². The lowest BCUT2D eigenvalue weighted by Gasteiger charge is -2.24. The maximum absolute atomic E-state index is 13.2. The SMILES string of the molecule is CC/C=C/C=C/C=C/C=C\CCCCCC(CC(=O)NC(CO)C(O)CCCCCCCCCCCCC)OC(=O)CCC/C=C\C/C=C\C/C=C\C/C=C\CCCCC. The predicted octanol–water partition coefficient (Wildman–Crippen LogP) is 14.6. The van der Waals surface area contributed by atoms with E-state index in [-0.39, 0.29) is 24.9 Å². The van der Waals surface area contributed by atoms with Crippen molar-refractivity contribution in [1.82, 2.24) is 5.32 Å². The molecule has 0 fully saturated rings. The number of rotatable bonds is 42. The van der Waals surface area contributed by atoms with Crippen molar-refractivity contribution in [1.29, 1.82) is 0 Å². The number of aliphatic hydroxyl groups is 2. The average Bonchev–Trinajstić information content (AvgIpc) is 3.24. The second-order valence-electron chi connectivity index (χ2n) is 16.2. The standard InChI is InChI=1S/C54H91NO5/c1-4-7-10-13-16-19-22-24-25-26-27-29-32-35-38-41-44-47-54(59)60-50(45-42-39-36-33-31-28-23-20-17-14-11-8-5-2)48-53(58)55-51(49-56)52(57)46-43-40-37-34-30-21-18-15-12-9-6-3/h8,11,14,16-17,19-20,23-25,27-29,31,35,38,50-52,56-57H,4-7,9-10,12-13,15,18,21-22,26,30,32-34,36-37,39-49H2,1-3H3,(H,55,58)/b11-8+,17-14+,19-16-,23-20+,25-24-,29-27-,31-28-,38-35-. The topological polar surface area (TPSA) is 95.9 Å². The number of unbranched alkanes of at least 4 members (excludes halogenated alkanes) is 17. The Morgan fingerprint density at radius 1 is 0.517 bits per heavy atom. The van der Waals surface area contributed by atoms with E-state index in [2.05, 4.69) is 92.9 Å². The second kappa shape index (κ2) is 46.8. The van der Waals surface area contributed by atoms with Crippen LogP contribution in [0.5, 0.6) is 0 Å². The Kier molecular flexibility index (Phi) is 44.3. The third-order valence-corrected chi connectivity index (χ3v) is 10.5. The van der Waals surface area contributed by atoms with Gasteiger partial charge in [0.05, 0.1) is 25.2 Å². The van der Waals surface area contributed by atoms with Crippen LogP contribution in [0.2, 0.25) is 0 Å². The molecule has 3 N–H and O–H groups in total. The highest BCUT2D eigenvalue weighted by atomic mass is 16.5. The number of nitrogens with one attached hydrogen (secondary N) is 1. The molecule has 3 atom stereocenters. The summed E-state index contributed by atoms with van der Waals surface area (Å²) < 4.78 is 5.87. The van der Waals surface area contributed by atoms with E-state index >= 15 is 0 Å². The summed E-state index contributed by atoms with van der Waals surface area (Å²) in [4.78, 5) is 26.1. The molecular weight excluding hydrogens is 743 g/mol. The number of aliphatic hydroxyl groups excluding tert-OH is 2. The number of hydrogen-bond donors (Lipinski definition) is 3. The molecule has 3 unspecified atom stereocenters. The van der Waals surface area contributed by atoms with Crippen LogP contribution >= 0.6 is 0 Å². The van der Waals surface area contributed by atoms with Gasteiger partial charge in [-0.15, -0.1) is 0 Å². The highest BCUT2D eigenvalue weighted by Gasteiger charge is 2.24. The zero-order valence-electron chi connectivity index (χ0n) is 38.8. The molecule has 60 heavy (non-hydrogen) atoms. The zero-order valence-corrected chi connectivity index (χ0v) is 38.8. The summed E-state index contributed by atoms with van der Waals surface area (Å²) in [5.41, 5.74) is 0. The minimum Gasteiger partial charge on any atom is -0.462 e. The van der Waals surface area contributed by atoms with Gasteiger partial charge in [-0.25, -0.2) is 0 Å². The van der Waals surface area contributed by atoms with Crippen molar-refractivity contribution in [2.24, 2.45) is 0 Å². The first-order chi connectivity index (χ1) is 29.5. The Hall–Kier alpha value is -3.22. The fourth-order valence-electron chi connectivity index (χ4n) is 6.78. The van der Waals surface area contributed by atoms with Crippen molar-refractivity contribution < 1.29 is 24.5 Å². The molecule has 0 spiro atoms. The first kappa shape index (κ1) is 56.8. The van der Waals surface area contributed by atoms with E-state index in [1.165, 1.54) is 77.0 Å². The largest absolute Gasteiger partial charge is 0.462 e. The van der Waals surface area contributed by atoms with Crippen LogP contribution in [-0.4, -0.2) is 46.9 Å². The van der Waals surface area contributed by atoms with Crippen molar-refractivity contribution in [3.8, 4) is 0 Å². The molecule has 0 heterocycles. The van der Waals surface area contributed by atoms with Crippen molar-refractivity contribution in [3.05, 3.63) is 97.2 Å². The van der Waals surface area contributed by atoms with E-state index in [0.29, 0.717) is 25.7 Å². The van der Waals surface area contributed by atoms with E-state index in [1.54, 1.807) is 0 Å². The molecule has 0 aliphatic heterocycles. The molecule has 0 saturated carbocycles. The number of carbonyl (C=O) groups excluding carboxylic acids is 2. The number of hydrogen-bond acceptors (Lipinski definition) is 5. The summed E-state index contributed by atoms with van der Waals surface area (Å²) in [6, 6.07) is -0.730. The third-order valence-electron chi connectivity index (χ3n) is 10.5. The summed E-state index contributed by atoms with van der Waals surface area (Å²) in [5.74, 6) is -0.590. The fourth-order valence-corrected chi connectivity index (χ4v) is 6.78. The lowest BCUT2D eigenvalue weighted by atomic mass is 10.0. The lowest BCUT2D eigenvalue weighted by molar-refractivity contribution is -0.151. The Bertz CT molecular complexity index is 1210. The Morgan fingerprint density at radius 3 is 1.55 bits per heavy atom. The molecule has 342 valence electrons. The van der Waals surface area contributed by atoms with Crippen LogP contribution in [0.25, 0.3) is 0 Å². The highest BCUT2D eigenvalue weighted by Crippen LogP contribution is 2.16. The van der Waals surface area contributed by atoms with Crippen LogP contribution in [0.3, 0.4) is 0 Å². The Labute approximate surface area is 369 Å². The maximum Gasteiger partial charge on any atom is 0.306 e. The molecule has 0 aromatic heterocycles. The highest BCUT2D eigenvalue weighted by molar-refractivity contribution is 5.77. The quantitative estimate of drug-likeness (QED) is 0.0246. The molecule has 0 aliphatic carbocycles. The number of esters is 1. The summed E-state index contributed by atoms with van der Waals surface area (Å²) in [6.07, 6.45) is 61.8. The van der Waals surface area contributed by atoms with Gasteiger partial charge in [0.25, 0.3) is 0 Å².